The maximum atomic E-state index is 10.1. The van der Waals surface area contributed by atoms with Crippen LogP contribution in [0, 0.1) is 0 Å². The zero-order valence-electron chi connectivity index (χ0n) is 12.3. The van der Waals surface area contributed by atoms with Crippen LogP contribution >= 0.6 is 0 Å². The molecule has 0 bridgehead atoms. The number of aliphatic hydroxyl groups is 1. The molecule has 2 aliphatic heterocycles. The highest BCUT2D eigenvalue weighted by Crippen LogP contribution is 2.35. The van der Waals surface area contributed by atoms with Crippen LogP contribution in [0.25, 0.3) is 0 Å². The number of β-amino-alcohol motifs (C(OH)–C–C–N with tert-alkyl or cyclic N) is 1. The molecule has 1 N–H and O–H groups in total. The second kappa shape index (κ2) is 7.00. The highest BCUT2D eigenvalue weighted by Gasteiger charge is 2.16. The molecule has 1 fully saturated rings. The van der Waals surface area contributed by atoms with E-state index in [-0.39, 0.29) is 6.79 Å². The van der Waals surface area contributed by atoms with Crippen molar-refractivity contribution in [3.63, 3.8) is 0 Å². The first-order valence-electron chi connectivity index (χ1n) is 7.74. The van der Waals surface area contributed by atoms with Crippen LogP contribution in [0.1, 0.15) is 25.7 Å². The Balaban J connectivity index is 1.45. The second-order valence-electron chi connectivity index (χ2n) is 5.69. The molecular formula is C16H23NO4. The summed E-state index contributed by atoms with van der Waals surface area (Å²) in [7, 11) is 0. The van der Waals surface area contributed by atoms with Crippen LogP contribution in [0.2, 0.25) is 0 Å². The van der Waals surface area contributed by atoms with E-state index in [1.807, 2.05) is 12.1 Å². The maximum absolute atomic E-state index is 10.1. The minimum atomic E-state index is -0.464. The first-order valence-corrected chi connectivity index (χ1v) is 7.74. The number of hydrogen-bond acceptors (Lipinski definition) is 5. The number of aliphatic hydroxyl groups excluding tert-OH is 1. The molecule has 0 unspecified atom stereocenters. The lowest BCUT2D eigenvalue weighted by Crippen LogP contribution is -2.36. The van der Waals surface area contributed by atoms with Crippen molar-refractivity contribution >= 4 is 0 Å². The zero-order chi connectivity index (χ0) is 14.5. The van der Waals surface area contributed by atoms with Crippen molar-refractivity contribution in [3.8, 4) is 17.2 Å². The summed E-state index contributed by atoms with van der Waals surface area (Å²) in [6.07, 6.45) is 4.61. The standard InChI is InChI=1S/C16H23NO4/c18-13(10-17-7-3-1-2-4-8-17)11-19-14-5-6-15-16(9-14)21-12-20-15/h5-6,9,13,18H,1-4,7-8,10-12H2/t13-/m1/s1. The van der Waals surface area contributed by atoms with Crippen molar-refractivity contribution in [2.24, 2.45) is 0 Å². The van der Waals surface area contributed by atoms with Gasteiger partial charge in [-0.05, 0) is 38.1 Å². The molecule has 0 aliphatic carbocycles. The Morgan fingerprint density at radius 3 is 2.67 bits per heavy atom. The van der Waals surface area contributed by atoms with Crippen molar-refractivity contribution in [1.82, 2.24) is 4.90 Å². The highest BCUT2D eigenvalue weighted by atomic mass is 16.7. The topological polar surface area (TPSA) is 51.2 Å². The van der Waals surface area contributed by atoms with Gasteiger partial charge in [0.15, 0.2) is 11.5 Å². The molecule has 1 saturated heterocycles. The van der Waals surface area contributed by atoms with E-state index >= 15 is 0 Å². The van der Waals surface area contributed by atoms with Gasteiger partial charge in [-0.2, -0.15) is 0 Å². The molecule has 1 aromatic carbocycles. The third-order valence-electron chi connectivity index (χ3n) is 3.95. The minimum absolute atomic E-state index is 0.260. The fraction of sp³-hybridized carbons (Fsp3) is 0.625. The number of nitrogens with zero attached hydrogens (tertiary/aromatic N) is 1. The van der Waals surface area contributed by atoms with Crippen LogP contribution in [0.15, 0.2) is 18.2 Å². The molecule has 0 radical (unpaired) electrons. The van der Waals surface area contributed by atoms with E-state index in [1.54, 1.807) is 6.07 Å². The van der Waals surface area contributed by atoms with Crippen LogP contribution in [-0.4, -0.2) is 49.1 Å². The van der Waals surface area contributed by atoms with Crippen molar-refractivity contribution in [1.29, 1.82) is 0 Å². The fourth-order valence-corrected chi connectivity index (χ4v) is 2.83. The molecule has 1 atom stereocenters. The molecule has 5 nitrogen and oxygen atoms in total. The number of rotatable bonds is 5. The molecule has 0 saturated carbocycles. The van der Waals surface area contributed by atoms with Gasteiger partial charge >= 0.3 is 0 Å². The lowest BCUT2D eigenvalue weighted by atomic mass is 10.2. The third kappa shape index (κ3) is 4.02. The van der Waals surface area contributed by atoms with Crippen LogP contribution in [-0.2, 0) is 0 Å². The Hall–Kier alpha value is -1.46. The van der Waals surface area contributed by atoms with Gasteiger partial charge in [-0.25, -0.2) is 0 Å². The van der Waals surface area contributed by atoms with Crippen molar-refractivity contribution in [3.05, 3.63) is 18.2 Å². The molecule has 5 heteroatoms. The quantitative estimate of drug-likeness (QED) is 0.900. The number of likely N-dealkylation sites (tertiary alicyclic amines) is 1. The van der Waals surface area contributed by atoms with Gasteiger partial charge < -0.3 is 24.2 Å². The lowest BCUT2D eigenvalue weighted by molar-refractivity contribution is 0.0693. The molecule has 116 valence electrons. The van der Waals surface area contributed by atoms with E-state index in [0.717, 1.165) is 18.8 Å². The SMILES string of the molecule is O[C@@H](COc1ccc2c(c1)OCO2)CN1CCCCCC1. The molecule has 3 rings (SSSR count). The van der Waals surface area contributed by atoms with E-state index < -0.39 is 6.10 Å². The third-order valence-corrected chi connectivity index (χ3v) is 3.95. The molecule has 0 spiro atoms. The molecule has 0 aromatic heterocycles. The monoisotopic (exact) mass is 293 g/mol. The first kappa shape index (κ1) is 14.5. The summed E-state index contributed by atoms with van der Waals surface area (Å²) in [5.74, 6) is 2.15. The van der Waals surface area contributed by atoms with Gasteiger partial charge in [0, 0.05) is 12.6 Å². The first-order chi connectivity index (χ1) is 10.3. The summed E-state index contributed by atoms with van der Waals surface area (Å²) < 4.78 is 16.2. The summed E-state index contributed by atoms with van der Waals surface area (Å²) in [6, 6.07) is 5.48. The molecule has 21 heavy (non-hydrogen) atoms. The van der Waals surface area contributed by atoms with Gasteiger partial charge in [0.25, 0.3) is 0 Å². The number of ether oxygens (including phenoxy) is 3. The van der Waals surface area contributed by atoms with E-state index in [0.29, 0.717) is 24.7 Å². The van der Waals surface area contributed by atoms with Gasteiger partial charge in [0.2, 0.25) is 6.79 Å². The minimum Gasteiger partial charge on any atom is -0.491 e. The fourth-order valence-electron chi connectivity index (χ4n) is 2.83. The van der Waals surface area contributed by atoms with Crippen LogP contribution in [0.5, 0.6) is 17.2 Å². The summed E-state index contributed by atoms with van der Waals surface area (Å²) in [6.45, 7) is 3.42. The summed E-state index contributed by atoms with van der Waals surface area (Å²) in [5, 5.41) is 10.1. The van der Waals surface area contributed by atoms with E-state index in [2.05, 4.69) is 4.90 Å². The summed E-state index contributed by atoms with van der Waals surface area (Å²) in [4.78, 5) is 2.33. The molecule has 0 amide bonds. The summed E-state index contributed by atoms with van der Waals surface area (Å²) >= 11 is 0. The Kier molecular flexibility index (Phi) is 4.83. The Bertz CT molecular complexity index is 458. The molecule has 2 aliphatic rings. The Labute approximate surface area is 125 Å². The number of hydrogen-bond donors (Lipinski definition) is 1. The smallest absolute Gasteiger partial charge is 0.231 e. The van der Waals surface area contributed by atoms with Gasteiger partial charge in [-0.15, -0.1) is 0 Å². The molecule has 2 heterocycles. The maximum Gasteiger partial charge on any atom is 0.231 e. The zero-order valence-corrected chi connectivity index (χ0v) is 12.3. The van der Waals surface area contributed by atoms with Gasteiger partial charge in [0.05, 0.1) is 0 Å². The van der Waals surface area contributed by atoms with Crippen molar-refractivity contribution < 1.29 is 19.3 Å². The second-order valence-corrected chi connectivity index (χ2v) is 5.69. The number of benzene rings is 1. The number of fused-ring (bicyclic) bond motifs is 1. The average Bonchev–Trinajstić information content (AvgIpc) is 2.81. The van der Waals surface area contributed by atoms with Crippen molar-refractivity contribution in [2.75, 3.05) is 33.0 Å². The van der Waals surface area contributed by atoms with Gasteiger partial charge in [0.1, 0.15) is 18.5 Å². The van der Waals surface area contributed by atoms with Gasteiger partial charge in [-0.1, -0.05) is 12.8 Å². The van der Waals surface area contributed by atoms with Gasteiger partial charge in [-0.3, -0.25) is 0 Å². The van der Waals surface area contributed by atoms with Crippen LogP contribution in [0.3, 0.4) is 0 Å². The van der Waals surface area contributed by atoms with E-state index in [9.17, 15) is 5.11 Å². The van der Waals surface area contributed by atoms with Crippen LogP contribution in [0.4, 0.5) is 0 Å². The molecule has 1 aromatic rings. The van der Waals surface area contributed by atoms with E-state index in [1.165, 1.54) is 25.7 Å². The summed E-state index contributed by atoms with van der Waals surface area (Å²) in [5.41, 5.74) is 0. The normalized spacial score (nSPS) is 20.0. The predicted octanol–water partition coefficient (Wildman–Crippen LogP) is 2.03. The highest BCUT2D eigenvalue weighted by molar-refractivity contribution is 5.46. The predicted molar refractivity (Wildman–Crippen MR) is 79.0 cm³/mol. The lowest BCUT2D eigenvalue weighted by Gasteiger charge is -2.23. The average molecular weight is 293 g/mol. The van der Waals surface area contributed by atoms with E-state index in [4.69, 9.17) is 14.2 Å². The molecular weight excluding hydrogens is 270 g/mol. The van der Waals surface area contributed by atoms with Crippen molar-refractivity contribution in [2.45, 2.75) is 31.8 Å². The largest absolute Gasteiger partial charge is 0.491 e. The van der Waals surface area contributed by atoms with Crippen LogP contribution < -0.4 is 14.2 Å². The Morgan fingerprint density at radius 1 is 1.10 bits per heavy atom. The Morgan fingerprint density at radius 2 is 1.86 bits per heavy atom.